The molecule has 0 unspecified atom stereocenters. The summed E-state index contributed by atoms with van der Waals surface area (Å²) >= 11 is 2.19. The molecule has 0 radical (unpaired) electrons. The van der Waals surface area contributed by atoms with Gasteiger partial charge in [-0.3, -0.25) is 4.79 Å². The van der Waals surface area contributed by atoms with Crippen molar-refractivity contribution < 1.29 is 17.9 Å². The molecular weight excluding hydrogens is 529 g/mol. The Kier molecular flexibility index (Phi) is 7.64. The van der Waals surface area contributed by atoms with Crippen LogP contribution in [0.1, 0.15) is 11.1 Å². The van der Waals surface area contributed by atoms with Crippen molar-refractivity contribution in [1.82, 2.24) is 4.83 Å². The predicted octanol–water partition coefficient (Wildman–Crippen LogP) is 3.93. The van der Waals surface area contributed by atoms with Crippen molar-refractivity contribution in [3.8, 4) is 5.75 Å². The molecule has 9 heteroatoms. The molecule has 3 aromatic carbocycles. The van der Waals surface area contributed by atoms with E-state index in [0.717, 1.165) is 9.13 Å². The number of halogens is 1. The minimum Gasteiger partial charge on any atom is -0.484 e. The normalized spacial score (nSPS) is 11.3. The summed E-state index contributed by atoms with van der Waals surface area (Å²) in [4.78, 5) is 14.3. The van der Waals surface area contributed by atoms with Crippen LogP contribution >= 0.6 is 22.6 Å². The van der Waals surface area contributed by atoms with Crippen LogP contribution in [0.25, 0.3) is 0 Å². The Hall–Kier alpha value is -2.92. The van der Waals surface area contributed by atoms with Gasteiger partial charge in [0.25, 0.3) is 15.9 Å². The van der Waals surface area contributed by atoms with E-state index in [4.69, 9.17) is 4.74 Å². The number of hydrogen-bond acceptors (Lipinski definition) is 5. The first-order chi connectivity index (χ1) is 14.8. The van der Waals surface area contributed by atoms with Crippen molar-refractivity contribution in [2.45, 2.75) is 11.8 Å². The SMILES string of the molecule is Cc1ccc(S(=O)(=O)N/N=C\c2ccc(OCC(=O)Nc3ccc(I)cc3)cc2)cc1. The Labute approximate surface area is 194 Å². The number of anilines is 1. The molecule has 0 aromatic heterocycles. The maximum absolute atomic E-state index is 12.2. The van der Waals surface area contributed by atoms with E-state index in [-0.39, 0.29) is 17.4 Å². The molecular formula is C22H20IN3O4S. The minimum atomic E-state index is -3.72. The largest absolute Gasteiger partial charge is 0.484 e. The Bertz CT molecular complexity index is 1160. The van der Waals surface area contributed by atoms with Gasteiger partial charge in [-0.25, -0.2) is 4.83 Å². The van der Waals surface area contributed by atoms with E-state index >= 15 is 0 Å². The molecule has 3 aromatic rings. The highest BCUT2D eigenvalue weighted by Crippen LogP contribution is 2.13. The molecule has 0 spiro atoms. The first kappa shape index (κ1) is 22.8. The number of rotatable bonds is 8. The van der Waals surface area contributed by atoms with Gasteiger partial charge in [-0.15, -0.1) is 0 Å². The molecule has 2 N–H and O–H groups in total. The molecule has 0 aliphatic rings. The molecule has 3 rings (SSSR count). The molecule has 0 heterocycles. The maximum Gasteiger partial charge on any atom is 0.276 e. The van der Waals surface area contributed by atoms with Crippen LogP contribution in [0.2, 0.25) is 0 Å². The lowest BCUT2D eigenvalue weighted by Gasteiger charge is -2.08. The zero-order valence-electron chi connectivity index (χ0n) is 16.6. The molecule has 160 valence electrons. The van der Waals surface area contributed by atoms with Crippen molar-refractivity contribution in [3.63, 3.8) is 0 Å². The van der Waals surface area contributed by atoms with Gasteiger partial charge in [0.2, 0.25) is 0 Å². The summed E-state index contributed by atoms with van der Waals surface area (Å²) in [5, 5.41) is 6.56. The minimum absolute atomic E-state index is 0.129. The van der Waals surface area contributed by atoms with E-state index in [0.29, 0.717) is 17.0 Å². The van der Waals surface area contributed by atoms with Crippen molar-refractivity contribution >= 4 is 50.4 Å². The van der Waals surface area contributed by atoms with Crippen LogP contribution in [-0.2, 0) is 14.8 Å². The van der Waals surface area contributed by atoms with Crippen molar-refractivity contribution in [2.24, 2.45) is 5.10 Å². The summed E-state index contributed by atoms with van der Waals surface area (Å²) in [6.07, 6.45) is 1.39. The highest BCUT2D eigenvalue weighted by molar-refractivity contribution is 14.1. The topological polar surface area (TPSA) is 96.9 Å². The van der Waals surface area contributed by atoms with E-state index in [1.807, 2.05) is 31.2 Å². The second kappa shape index (κ2) is 10.4. The second-order valence-electron chi connectivity index (χ2n) is 6.58. The van der Waals surface area contributed by atoms with Gasteiger partial charge in [0, 0.05) is 9.26 Å². The summed E-state index contributed by atoms with van der Waals surface area (Å²) in [6, 6.07) is 20.7. The lowest BCUT2D eigenvalue weighted by Crippen LogP contribution is -2.20. The number of carbonyl (C=O) groups is 1. The Morgan fingerprint density at radius 2 is 1.65 bits per heavy atom. The van der Waals surface area contributed by atoms with E-state index in [1.54, 1.807) is 36.4 Å². The van der Waals surface area contributed by atoms with E-state index < -0.39 is 10.0 Å². The third kappa shape index (κ3) is 7.07. The Morgan fingerprint density at radius 1 is 1.00 bits per heavy atom. The van der Waals surface area contributed by atoms with Gasteiger partial charge < -0.3 is 10.1 Å². The quantitative estimate of drug-likeness (QED) is 0.253. The van der Waals surface area contributed by atoms with E-state index in [1.165, 1.54) is 18.3 Å². The summed E-state index contributed by atoms with van der Waals surface area (Å²) < 4.78 is 31.0. The smallest absolute Gasteiger partial charge is 0.276 e. The lowest BCUT2D eigenvalue weighted by molar-refractivity contribution is -0.118. The van der Waals surface area contributed by atoms with Crippen LogP contribution in [0.5, 0.6) is 5.75 Å². The first-order valence-electron chi connectivity index (χ1n) is 9.22. The maximum atomic E-state index is 12.2. The van der Waals surface area contributed by atoms with Gasteiger partial charge in [0.05, 0.1) is 11.1 Å². The summed E-state index contributed by atoms with van der Waals surface area (Å²) in [5.74, 6) is 0.243. The molecule has 0 saturated carbocycles. The summed E-state index contributed by atoms with van der Waals surface area (Å²) in [5.41, 5.74) is 2.34. The number of benzene rings is 3. The molecule has 0 fully saturated rings. The fraction of sp³-hybridized carbons (Fsp3) is 0.0909. The predicted molar refractivity (Wildman–Crippen MR) is 129 cm³/mol. The molecule has 0 aliphatic heterocycles. The van der Waals surface area contributed by atoms with Crippen molar-refractivity contribution in [2.75, 3.05) is 11.9 Å². The summed E-state index contributed by atoms with van der Waals surface area (Å²) in [7, 11) is -3.72. The number of amides is 1. The van der Waals surface area contributed by atoms with E-state index in [2.05, 4.69) is 37.8 Å². The van der Waals surface area contributed by atoms with Gasteiger partial charge in [0.15, 0.2) is 6.61 Å². The number of aryl methyl sites for hydroxylation is 1. The standard InChI is InChI=1S/C22H20IN3O4S/c1-16-2-12-21(13-3-16)31(28,29)26-24-14-17-4-10-20(11-5-17)30-15-22(27)25-19-8-6-18(23)7-9-19/h2-14,26H,15H2,1H3,(H,25,27)/b24-14-. The second-order valence-corrected chi connectivity index (χ2v) is 9.49. The molecule has 31 heavy (non-hydrogen) atoms. The number of sulfonamides is 1. The van der Waals surface area contributed by atoms with Gasteiger partial charge in [-0.1, -0.05) is 17.7 Å². The first-order valence-corrected chi connectivity index (χ1v) is 11.8. The molecule has 0 aliphatic carbocycles. The molecule has 0 atom stereocenters. The van der Waals surface area contributed by atoms with Crippen molar-refractivity contribution in [3.05, 3.63) is 87.5 Å². The van der Waals surface area contributed by atoms with Gasteiger partial charge in [-0.2, -0.15) is 13.5 Å². The number of hydrogen-bond donors (Lipinski definition) is 2. The van der Waals surface area contributed by atoms with Crippen LogP contribution in [0.3, 0.4) is 0 Å². The number of hydrazone groups is 1. The number of ether oxygens (including phenoxy) is 1. The Balaban J connectivity index is 1.49. The fourth-order valence-electron chi connectivity index (χ4n) is 2.47. The van der Waals surface area contributed by atoms with Crippen LogP contribution < -0.4 is 14.9 Å². The molecule has 1 amide bonds. The fourth-order valence-corrected chi connectivity index (χ4v) is 3.62. The molecule has 0 bridgehead atoms. The van der Waals surface area contributed by atoms with Gasteiger partial charge in [0.1, 0.15) is 5.75 Å². The zero-order chi connectivity index (χ0) is 22.3. The number of nitrogens with one attached hydrogen (secondary N) is 2. The third-order valence-corrected chi connectivity index (χ3v) is 6.05. The average Bonchev–Trinajstić information content (AvgIpc) is 2.75. The van der Waals surface area contributed by atoms with Gasteiger partial charge in [-0.05, 0) is 95.7 Å². The Morgan fingerprint density at radius 3 is 2.29 bits per heavy atom. The van der Waals surface area contributed by atoms with Crippen molar-refractivity contribution in [1.29, 1.82) is 0 Å². The van der Waals surface area contributed by atoms with Crippen LogP contribution in [0, 0.1) is 10.5 Å². The highest BCUT2D eigenvalue weighted by atomic mass is 127. The van der Waals surface area contributed by atoms with Crippen LogP contribution in [0.15, 0.2) is 82.8 Å². The third-order valence-electron chi connectivity index (χ3n) is 4.10. The van der Waals surface area contributed by atoms with Gasteiger partial charge >= 0.3 is 0 Å². The monoisotopic (exact) mass is 549 g/mol. The molecule has 7 nitrogen and oxygen atoms in total. The summed E-state index contributed by atoms with van der Waals surface area (Å²) in [6.45, 7) is 1.75. The molecule has 0 saturated heterocycles. The average molecular weight is 549 g/mol. The van der Waals surface area contributed by atoms with E-state index in [9.17, 15) is 13.2 Å². The van der Waals surface area contributed by atoms with Crippen LogP contribution in [-0.4, -0.2) is 27.1 Å². The number of nitrogens with zero attached hydrogens (tertiary/aromatic N) is 1. The number of carbonyl (C=O) groups excluding carboxylic acids is 1. The van der Waals surface area contributed by atoms with Crippen LogP contribution in [0.4, 0.5) is 5.69 Å². The lowest BCUT2D eigenvalue weighted by atomic mass is 10.2. The zero-order valence-corrected chi connectivity index (χ0v) is 19.6. The highest BCUT2D eigenvalue weighted by Gasteiger charge is 2.11.